The van der Waals surface area contributed by atoms with E-state index in [1.165, 1.54) is 6.07 Å². The number of unbranched alkanes of at least 4 members (excludes halogenated alkanes) is 1. The second-order valence-corrected chi connectivity index (χ2v) is 5.42. The van der Waals surface area contributed by atoms with Crippen LogP contribution in [0.2, 0.25) is 15.3 Å². The maximum atomic E-state index is 11.9. The number of amides is 2. The van der Waals surface area contributed by atoms with Gasteiger partial charge in [0.1, 0.15) is 10.3 Å². The minimum atomic E-state index is -0.521. The third-order valence-corrected chi connectivity index (χ3v) is 3.30. The quantitative estimate of drug-likeness (QED) is 0.571. The lowest BCUT2D eigenvalue weighted by Crippen LogP contribution is -2.35. The number of hydrogen-bond acceptors (Lipinski definition) is 4. The maximum Gasteiger partial charge on any atom is 0.407 e. The van der Waals surface area contributed by atoms with E-state index in [-0.39, 0.29) is 34.0 Å². The Kier molecular flexibility index (Phi) is 8.30. The summed E-state index contributed by atoms with van der Waals surface area (Å²) in [5.74, 6) is -0.500. The highest BCUT2D eigenvalue weighted by molar-refractivity contribution is 6.40. The summed E-state index contributed by atoms with van der Waals surface area (Å²) in [6.07, 6.45) is 1.23. The minimum absolute atomic E-state index is 0.0401. The summed E-state index contributed by atoms with van der Waals surface area (Å²) in [6.45, 7) is 2.78. The zero-order valence-corrected chi connectivity index (χ0v) is 14.2. The van der Waals surface area contributed by atoms with E-state index >= 15 is 0 Å². The predicted octanol–water partition coefficient (Wildman–Crippen LogP) is 3.30. The van der Waals surface area contributed by atoms with Gasteiger partial charge in [-0.05, 0) is 12.5 Å². The molecule has 1 heterocycles. The SMILES string of the molecule is CCCCOC(=O)NCCNC(=O)c1c(Cl)cc(Cl)nc1Cl. The van der Waals surface area contributed by atoms with Crippen molar-refractivity contribution in [3.05, 3.63) is 27.0 Å². The monoisotopic (exact) mass is 367 g/mol. The van der Waals surface area contributed by atoms with Crippen molar-refractivity contribution in [3.63, 3.8) is 0 Å². The first kappa shape index (κ1) is 18.8. The van der Waals surface area contributed by atoms with Crippen molar-refractivity contribution in [2.75, 3.05) is 19.7 Å². The van der Waals surface area contributed by atoms with Crippen molar-refractivity contribution < 1.29 is 14.3 Å². The number of carbonyl (C=O) groups is 2. The molecular weight excluding hydrogens is 353 g/mol. The molecule has 2 amide bonds. The van der Waals surface area contributed by atoms with Crippen molar-refractivity contribution in [2.24, 2.45) is 0 Å². The van der Waals surface area contributed by atoms with Gasteiger partial charge in [0.25, 0.3) is 5.91 Å². The van der Waals surface area contributed by atoms with Crippen LogP contribution in [0.15, 0.2) is 6.07 Å². The van der Waals surface area contributed by atoms with Gasteiger partial charge in [-0.3, -0.25) is 4.79 Å². The van der Waals surface area contributed by atoms with Crippen LogP contribution in [0.25, 0.3) is 0 Å². The molecule has 1 aromatic heterocycles. The van der Waals surface area contributed by atoms with Crippen LogP contribution in [-0.2, 0) is 4.74 Å². The highest BCUT2D eigenvalue weighted by Crippen LogP contribution is 2.25. The normalized spacial score (nSPS) is 10.2. The van der Waals surface area contributed by atoms with Crippen LogP contribution < -0.4 is 10.6 Å². The Hall–Kier alpha value is -1.24. The van der Waals surface area contributed by atoms with Gasteiger partial charge in [0.2, 0.25) is 0 Å². The molecule has 6 nitrogen and oxygen atoms in total. The Morgan fingerprint density at radius 2 is 1.91 bits per heavy atom. The predicted molar refractivity (Wildman–Crippen MR) is 85.9 cm³/mol. The number of ether oxygens (including phenoxy) is 1. The van der Waals surface area contributed by atoms with Gasteiger partial charge in [-0.15, -0.1) is 0 Å². The molecular formula is C13H16Cl3N3O3. The van der Waals surface area contributed by atoms with Gasteiger partial charge in [0.15, 0.2) is 0 Å². The number of pyridine rings is 1. The minimum Gasteiger partial charge on any atom is -0.450 e. The number of alkyl carbamates (subject to hydrolysis) is 1. The molecule has 0 saturated heterocycles. The molecule has 9 heteroatoms. The fourth-order valence-electron chi connectivity index (χ4n) is 1.45. The van der Waals surface area contributed by atoms with Gasteiger partial charge in [0.05, 0.1) is 17.2 Å². The molecule has 0 fully saturated rings. The Morgan fingerprint density at radius 1 is 1.23 bits per heavy atom. The summed E-state index contributed by atoms with van der Waals surface area (Å²) in [6, 6.07) is 1.33. The first-order valence-electron chi connectivity index (χ1n) is 6.66. The Balaban J connectivity index is 2.37. The van der Waals surface area contributed by atoms with E-state index in [2.05, 4.69) is 15.6 Å². The Labute approximate surface area is 143 Å². The highest BCUT2D eigenvalue weighted by Gasteiger charge is 2.16. The lowest BCUT2D eigenvalue weighted by molar-refractivity contribution is 0.0952. The maximum absolute atomic E-state index is 11.9. The number of carbonyl (C=O) groups excluding carboxylic acids is 2. The topological polar surface area (TPSA) is 80.3 Å². The van der Waals surface area contributed by atoms with Crippen LogP contribution in [0.4, 0.5) is 4.79 Å². The van der Waals surface area contributed by atoms with Gasteiger partial charge in [-0.1, -0.05) is 48.1 Å². The van der Waals surface area contributed by atoms with Gasteiger partial charge < -0.3 is 15.4 Å². The van der Waals surface area contributed by atoms with Crippen LogP contribution in [0.1, 0.15) is 30.1 Å². The molecule has 0 unspecified atom stereocenters. The summed E-state index contributed by atoms with van der Waals surface area (Å²) >= 11 is 17.4. The molecule has 0 radical (unpaired) electrons. The second kappa shape index (κ2) is 9.71. The lowest BCUT2D eigenvalue weighted by atomic mass is 10.2. The van der Waals surface area contributed by atoms with Crippen molar-refractivity contribution in [2.45, 2.75) is 19.8 Å². The Bertz CT molecular complexity index is 518. The first-order valence-corrected chi connectivity index (χ1v) is 7.79. The van der Waals surface area contributed by atoms with Crippen molar-refractivity contribution in [3.8, 4) is 0 Å². The Morgan fingerprint density at radius 3 is 2.55 bits per heavy atom. The first-order chi connectivity index (χ1) is 10.5. The number of rotatable bonds is 7. The number of halogens is 3. The van der Waals surface area contributed by atoms with Gasteiger partial charge >= 0.3 is 6.09 Å². The van der Waals surface area contributed by atoms with Gasteiger partial charge in [-0.25, -0.2) is 9.78 Å². The average molecular weight is 369 g/mol. The third kappa shape index (κ3) is 6.25. The second-order valence-electron chi connectivity index (χ2n) is 4.26. The van der Waals surface area contributed by atoms with Crippen LogP contribution in [0.5, 0.6) is 0 Å². The molecule has 1 rings (SSSR count). The molecule has 22 heavy (non-hydrogen) atoms. The van der Waals surface area contributed by atoms with Crippen LogP contribution >= 0.6 is 34.8 Å². The number of aromatic nitrogens is 1. The molecule has 0 spiro atoms. The lowest BCUT2D eigenvalue weighted by Gasteiger charge is -2.09. The van der Waals surface area contributed by atoms with Crippen molar-refractivity contribution >= 4 is 46.8 Å². The fourth-order valence-corrected chi connectivity index (χ4v) is 2.35. The van der Waals surface area contributed by atoms with Crippen LogP contribution in [0.3, 0.4) is 0 Å². The standard InChI is InChI=1S/C13H16Cl3N3O3/c1-2-3-6-22-13(21)18-5-4-17-12(20)10-8(14)7-9(15)19-11(10)16/h7H,2-6H2,1H3,(H,17,20)(H,18,21). The van der Waals surface area contributed by atoms with E-state index < -0.39 is 12.0 Å². The van der Waals surface area contributed by atoms with E-state index in [1.807, 2.05) is 6.92 Å². The van der Waals surface area contributed by atoms with E-state index in [1.54, 1.807) is 0 Å². The summed E-state index contributed by atoms with van der Waals surface area (Å²) < 4.78 is 4.90. The molecule has 0 saturated carbocycles. The largest absolute Gasteiger partial charge is 0.450 e. The summed E-state index contributed by atoms with van der Waals surface area (Å²) in [5, 5.41) is 5.19. The molecule has 0 bridgehead atoms. The van der Waals surface area contributed by atoms with Crippen molar-refractivity contribution in [1.29, 1.82) is 0 Å². The average Bonchev–Trinajstić information content (AvgIpc) is 2.42. The van der Waals surface area contributed by atoms with Gasteiger partial charge in [-0.2, -0.15) is 0 Å². The van der Waals surface area contributed by atoms with Crippen molar-refractivity contribution in [1.82, 2.24) is 15.6 Å². The van der Waals surface area contributed by atoms with Gasteiger partial charge in [0, 0.05) is 13.1 Å². The molecule has 0 aliphatic carbocycles. The van der Waals surface area contributed by atoms with E-state index in [0.29, 0.717) is 6.61 Å². The van der Waals surface area contributed by atoms with Crippen LogP contribution in [-0.4, -0.2) is 36.7 Å². The van der Waals surface area contributed by atoms with E-state index in [4.69, 9.17) is 39.5 Å². The molecule has 122 valence electrons. The van der Waals surface area contributed by atoms with E-state index in [9.17, 15) is 9.59 Å². The molecule has 0 atom stereocenters. The highest BCUT2D eigenvalue weighted by atomic mass is 35.5. The smallest absolute Gasteiger partial charge is 0.407 e. The molecule has 2 N–H and O–H groups in total. The zero-order valence-electron chi connectivity index (χ0n) is 11.9. The summed E-state index contributed by atoms with van der Waals surface area (Å²) in [5.41, 5.74) is 0.0401. The van der Waals surface area contributed by atoms with Crippen LogP contribution in [0, 0.1) is 0 Å². The number of hydrogen-bond donors (Lipinski definition) is 2. The number of nitrogens with one attached hydrogen (secondary N) is 2. The fraction of sp³-hybridized carbons (Fsp3) is 0.462. The molecule has 0 aliphatic rings. The third-order valence-electron chi connectivity index (χ3n) is 2.53. The summed E-state index contributed by atoms with van der Waals surface area (Å²) in [4.78, 5) is 27.0. The zero-order chi connectivity index (χ0) is 16.5. The molecule has 0 aliphatic heterocycles. The number of nitrogens with zero attached hydrogens (tertiary/aromatic N) is 1. The molecule has 1 aromatic rings. The van der Waals surface area contributed by atoms with E-state index in [0.717, 1.165) is 12.8 Å². The summed E-state index contributed by atoms with van der Waals surface area (Å²) in [7, 11) is 0. The molecule has 0 aromatic carbocycles.